The molecule has 8 nitrogen and oxygen atoms in total. The van der Waals surface area contributed by atoms with E-state index in [1.807, 2.05) is 13.8 Å². The van der Waals surface area contributed by atoms with Crippen molar-refractivity contribution in [1.82, 2.24) is 10.2 Å². The number of nitrogens with zero attached hydrogens (tertiary/aromatic N) is 2. The molecule has 0 fully saturated rings. The molecule has 1 aromatic carbocycles. The number of thioether (sulfide) groups is 1. The second kappa shape index (κ2) is 8.89. The molecule has 0 unspecified atom stereocenters. The van der Waals surface area contributed by atoms with Crippen LogP contribution in [0.5, 0.6) is 5.75 Å². The van der Waals surface area contributed by atoms with Gasteiger partial charge in [0.2, 0.25) is 5.13 Å². The number of benzene rings is 1. The minimum Gasteiger partial charge on any atom is -0.496 e. The average molecular weight is 432 g/mol. The van der Waals surface area contributed by atoms with Crippen LogP contribution in [0.1, 0.15) is 30.9 Å². The SMILES string of the molecule is COC(=O)CSc1nnc(NS(=O)(=O)c2cc(C(C)C)c(OC)cc2C)s1. The molecule has 0 saturated heterocycles. The molecule has 0 saturated carbocycles. The number of hydrogen-bond acceptors (Lipinski definition) is 9. The summed E-state index contributed by atoms with van der Waals surface area (Å²) in [5.74, 6) is 0.427. The molecule has 0 atom stereocenters. The number of carbonyl (C=O) groups excluding carboxylic acids is 1. The van der Waals surface area contributed by atoms with Gasteiger partial charge in [-0.25, -0.2) is 8.42 Å². The molecule has 0 aliphatic heterocycles. The minimum absolute atomic E-state index is 0.0766. The van der Waals surface area contributed by atoms with Gasteiger partial charge in [0.1, 0.15) is 5.75 Å². The van der Waals surface area contributed by atoms with Crippen molar-refractivity contribution in [2.45, 2.75) is 35.9 Å². The first kappa shape index (κ1) is 21.5. The van der Waals surface area contributed by atoms with Crippen LogP contribution >= 0.6 is 23.1 Å². The van der Waals surface area contributed by atoms with Crippen molar-refractivity contribution in [2.75, 3.05) is 24.7 Å². The summed E-state index contributed by atoms with van der Waals surface area (Å²) >= 11 is 2.18. The predicted molar refractivity (Wildman–Crippen MR) is 105 cm³/mol. The number of carbonyl (C=O) groups is 1. The quantitative estimate of drug-likeness (QED) is 0.502. The van der Waals surface area contributed by atoms with Crippen molar-refractivity contribution in [1.29, 1.82) is 0 Å². The zero-order valence-corrected chi connectivity index (χ0v) is 18.0. The van der Waals surface area contributed by atoms with Crippen molar-refractivity contribution in [3.63, 3.8) is 0 Å². The molecule has 0 aliphatic carbocycles. The number of hydrogen-bond donors (Lipinski definition) is 1. The molecule has 11 heteroatoms. The number of esters is 1. The van der Waals surface area contributed by atoms with Gasteiger partial charge in [-0.15, -0.1) is 10.2 Å². The number of aryl methyl sites for hydroxylation is 1. The van der Waals surface area contributed by atoms with Crippen LogP contribution in [-0.4, -0.2) is 44.6 Å². The number of aromatic nitrogens is 2. The van der Waals surface area contributed by atoms with E-state index in [2.05, 4.69) is 19.7 Å². The van der Waals surface area contributed by atoms with Gasteiger partial charge in [-0.3, -0.25) is 9.52 Å². The molecule has 0 bridgehead atoms. The molecule has 2 rings (SSSR count). The molecule has 1 aromatic heterocycles. The largest absolute Gasteiger partial charge is 0.496 e. The summed E-state index contributed by atoms with van der Waals surface area (Å²) in [5.41, 5.74) is 1.36. The number of ether oxygens (including phenoxy) is 2. The van der Waals surface area contributed by atoms with E-state index in [0.29, 0.717) is 15.7 Å². The zero-order valence-electron chi connectivity index (χ0n) is 15.6. The van der Waals surface area contributed by atoms with E-state index in [4.69, 9.17) is 4.74 Å². The van der Waals surface area contributed by atoms with Gasteiger partial charge in [0.15, 0.2) is 4.34 Å². The molecule has 1 N–H and O–H groups in total. The second-order valence-corrected chi connectivity index (χ2v) is 9.71. The Hall–Kier alpha value is -1.85. The van der Waals surface area contributed by atoms with E-state index in [0.717, 1.165) is 28.7 Å². The van der Waals surface area contributed by atoms with Gasteiger partial charge in [-0.05, 0) is 36.1 Å². The molecule has 27 heavy (non-hydrogen) atoms. The molecule has 0 spiro atoms. The molecule has 0 radical (unpaired) electrons. The van der Waals surface area contributed by atoms with Crippen molar-refractivity contribution in [3.05, 3.63) is 23.3 Å². The third-order valence-corrected chi connectivity index (χ3v) is 7.16. The lowest BCUT2D eigenvalue weighted by Crippen LogP contribution is -2.15. The highest BCUT2D eigenvalue weighted by Gasteiger charge is 2.22. The third-order valence-electron chi connectivity index (χ3n) is 3.61. The van der Waals surface area contributed by atoms with Crippen molar-refractivity contribution in [2.24, 2.45) is 0 Å². The fourth-order valence-electron chi connectivity index (χ4n) is 2.25. The lowest BCUT2D eigenvalue weighted by molar-refractivity contribution is -0.137. The second-order valence-electron chi connectivity index (χ2n) is 5.86. The van der Waals surface area contributed by atoms with E-state index in [1.165, 1.54) is 7.11 Å². The molecule has 0 aliphatic rings. The molecule has 148 valence electrons. The van der Waals surface area contributed by atoms with Crippen LogP contribution in [0.25, 0.3) is 0 Å². The number of nitrogens with one attached hydrogen (secondary N) is 1. The van der Waals surface area contributed by atoms with Gasteiger partial charge in [-0.2, -0.15) is 0 Å². The average Bonchev–Trinajstić information content (AvgIpc) is 3.05. The molecule has 0 amide bonds. The maximum Gasteiger partial charge on any atom is 0.316 e. The lowest BCUT2D eigenvalue weighted by atomic mass is 10.0. The van der Waals surface area contributed by atoms with E-state index in [-0.39, 0.29) is 21.7 Å². The summed E-state index contributed by atoms with van der Waals surface area (Å²) in [4.78, 5) is 11.3. The molecule has 2 aromatic rings. The topological polar surface area (TPSA) is 107 Å². The van der Waals surface area contributed by atoms with Crippen LogP contribution in [-0.2, 0) is 19.6 Å². The summed E-state index contributed by atoms with van der Waals surface area (Å²) in [6, 6.07) is 3.33. The van der Waals surface area contributed by atoms with E-state index in [9.17, 15) is 13.2 Å². The number of sulfonamides is 1. The van der Waals surface area contributed by atoms with Crippen LogP contribution in [0.15, 0.2) is 21.4 Å². The fourth-order valence-corrected chi connectivity index (χ4v) is 5.33. The van der Waals surface area contributed by atoms with E-state index >= 15 is 0 Å². The van der Waals surface area contributed by atoms with Gasteiger partial charge in [0.05, 0.1) is 24.9 Å². The highest BCUT2D eigenvalue weighted by atomic mass is 32.2. The lowest BCUT2D eigenvalue weighted by Gasteiger charge is -2.16. The first-order valence-corrected chi connectivity index (χ1v) is 11.2. The Morgan fingerprint density at radius 2 is 2.00 bits per heavy atom. The Morgan fingerprint density at radius 1 is 1.30 bits per heavy atom. The van der Waals surface area contributed by atoms with E-state index < -0.39 is 16.0 Å². The predicted octanol–water partition coefficient (Wildman–Crippen LogP) is 3.04. The third kappa shape index (κ3) is 5.33. The van der Waals surface area contributed by atoms with Gasteiger partial charge in [0.25, 0.3) is 10.0 Å². The highest BCUT2D eigenvalue weighted by Crippen LogP contribution is 2.33. The molecular weight excluding hydrogens is 410 g/mol. The maximum absolute atomic E-state index is 12.8. The van der Waals surface area contributed by atoms with Gasteiger partial charge in [0, 0.05) is 0 Å². The Bertz CT molecular complexity index is 925. The highest BCUT2D eigenvalue weighted by molar-refractivity contribution is 8.01. The normalized spacial score (nSPS) is 11.5. The summed E-state index contributed by atoms with van der Waals surface area (Å²) in [6.45, 7) is 5.64. The first-order chi connectivity index (χ1) is 12.7. The smallest absolute Gasteiger partial charge is 0.316 e. The van der Waals surface area contributed by atoms with Crippen LogP contribution in [0.4, 0.5) is 5.13 Å². The van der Waals surface area contributed by atoms with Gasteiger partial charge >= 0.3 is 5.97 Å². The van der Waals surface area contributed by atoms with Gasteiger partial charge in [-0.1, -0.05) is 36.9 Å². The first-order valence-electron chi connectivity index (χ1n) is 7.92. The van der Waals surface area contributed by atoms with Crippen molar-refractivity contribution >= 4 is 44.2 Å². The zero-order chi connectivity index (χ0) is 20.2. The fraction of sp³-hybridized carbons (Fsp3) is 0.438. The minimum atomic E-state index is -3.85. The number of methoxy groups -OCH3 is 2. The Balaban J connectivity index is 2.25. The Morgan fingerprint density at radius 3 is 2.59 bits per heavy atom. The number of rotatable bonds is 8. The summed E-state index contributed by atoms with van der Waals surface area (Å²) in [6.07, 6.45) is 0. The Labute approximate surface area is 166 Å². The summed E-state index contributed by atoms with van der Waals surface area (Å²) in [7, 11) is -0.992. The van der Waals surface area contributed by atoms with Crippen molar-refractivity contribution in [3.8, 4) is 5.75 Å². The van der Waals surface area contributed by atoms with Crippen LogP contribution in [0.2, 0.25) is 0 Å². The number of anilines is 1. The van der Waals surface area contributed by atoms with Crippen LogP contribution < -0.4 is 9.46 Å². The van der Waals surface area contributed by atoms with Crippen LogP contribution in [0.3, 0.4) is 0 Å². The monoisotopic (exact) mass is 431 g/mol. The summed E-state index contributed by atoms with van der Waals surface area (Å²) in [5, 5.41) is 7.83. The van der Waals surface area contributed by atoms with Crippen molar-refractivity contribution < 1.29 is 22.7 Å². The molecule has 1 heterocycles. The Kier molecular flexibility index (Phi) is 7.06. The standard InChI is InChI=1S/C16H21N3O5S3/c1-9(2)11-7-13(10(3)6-12(11)23-4)27(21,22)19-15-17-18-16(26-15)25-8-14(20)24-5/h6-7,9H,8H2,1-5H3,(H,17,19). The van der Waals surface area contributed by atoms with E-state index in [1.54, 1.807) is 26.2 Å². The van der Waals surface area contributed by atoms with Crippen LogP contribution in [0, 0.1) is 6.92 Å². The van der Waals surface area contributed by atoms with Gasteiger partial charge < -0.3 is 9.47 Å². The maximum atomic E-state index is 12.8. The summed E-state index contributed by atoms with van der Waals surface area (Å²) < 4.78 is 38.5. The molecular formula is C16H21N3O5S3.